The van der Waals surface area contributed by atoms with Gasteiger partial charge in [0.25, 0.3) is 0 Å². The van der Waals surface area contributed by atoms with Crippen LogP contribution in [0.25, 0.3) is 0 Å². The van der Waals surface area contributed by atoms with Gasteiger partial charge in [-0.1, -0.05) is 11.6 Å². The molecule has 0 atom stereocenters. The van der Waals surface area contributed by atoms with Crippen LogP contribution >= 0.6 is 27.5 Å². The van der Waals surface area contributed by atoms with Gasteiger partial charge in [0.1, 0.15) is 0 Å². The Morgan fingerprint density at radius 2 is 2.23 bits per heavy atom. The van der Waals surface area contributed by atoms with E-state index in [4.69, 9.17) is 16.9 Å². The molecule has 0 aromatic carbocycles. The normalized spacial score (nSPS) is 11.0. The summed E-state index contributed by atoms with van der Waals surface area (Å²) in [5, 5.41) is 9.40. The van der Waals surface area contributed by atoms with Crippen molar-refractivity contribution in [2.45, 2.75) is 19.3 Å². The number of nitrogens with zero attached hydrogens (tertiary/aromatic N) is 2. The van der Waals surface area contributed by atoms with Crippen LogP contribution in [0.3, 0.4) is 0 Å². The fourth-order valence-corrected chi connectivity index (χ4v) is 1.79. The molecule has 0 bridgehead atoms. The molecule has 0 amide bonds. The molecule has 1 heterocycles. The zero-order chi connectivity index (χ0) is 10.1. The standard InChI is InChI=1S/C9H8BrClN2/c1-9(2,5-12)8-7(11)3-6(10)4-13-8/h3-4H,1-2H3. The summed E-state index contributed by atoms with van der Waals surface area (Å²) in [6.07, 6.45) is 1.64. The van der Waals surface area contributed by atoms with Gasteiger partial charge in [0.2, 0.25) is 0 Å². The Bertz CT molecular complexity index is 368. The van der Waals surface area contributed by atoms with Gasteiger partial charge < -0.3 is 0 Å². The molecule has 13 heavy (non-hydrogen) atoms. The molecule has 0 aliphatic heterocycles. The van der Waals surface area contributed by atoms with Crippen LogP contribution < -0.4 is 0 Å². The maximum atomic E-state index is 8.88. The van der Waals surface area contributed by atoms with Gasteiger partial charge in [0.05, 0.1) is 22.2 Å². The molecular weight excluding hydrogens is 251 g/mol. The van der Waals surface area contributed by atoms with E-state index in [-0.39, 0.29) is 0 Å². The summed E-state index contributed by atoms with van der Waals surface area (Å²) >= 11 is 9.20. The Morgan fingerprint density at radius 1 is 1.62 bits per heavy atom. The van der Waals surface area contributed by atoms with Crippen molar-refractivity contribution in [1.82, 2.24) is 4.98 Å². The van der Waals surface area contributed by atoms with Crippen molar-refractivity contribution in [3.8, 4) is 6.07 Å². The molecule has 0 saturated heterocycles. The van der Waals surface area contributed by atoms with E-state index in [0.717, 1.165) is 4.47 Å². The molecule has 0 spiro atoms. The smallest absolute Gasteiger partial charge is 0.0952 e. The topological polar surface area (TPSA) is 36.7 Å². The summed E-state index contributed by atoms with van der Waals surface area (Å²) in [6, 6.07) is 3.89. The molecule has 0 saturated carbocycles. The molecule has 0 unspecified atom stereocenters. The molecule has 68 valence electrons. The number of halogens is 2. The predicted octanol–water partition coefficient (Wildman–Crippen LogP) is 3.30. The van der Waals surface area contributed by atoms with E-state index in [1.165, 1.54) is 0 Å². The third kappa shape index (κ3) is 2.20. The molecule has 0 fully saturated rings. The molecular formula is C9H8BrClN2. The number of pyridine rings is 1. The summed E-state index contributed by atoms with van der Waals surface area (Å²) in [5.41, 5.74) is -0.0301. The molecule has 1 rings (SSSR count). The Labute approximate surface area is 90.7 Å². The molecule has 0 N–H and O–H groups in total. The van der Waals surface area contributed by atoms with Crippen LogP contribution in [0.2, 0.25) is 5.02 Å². The average molecular weight is 260 g/mol. The first-order valence-corrected chi connectivity index (χ1v) is 4.87. The molecule has 0 aliphatic carbocycles. The number of hydrogen-bond donors (Lipinski definition) is 0. The van der Waals surface area contributed by atoms with Gasteiger partial charge in [-0.25, -0.2) is 0 Å². The van der Waals surface area contributed by atoms with Crippen molar-refractivity contribution >= 4 is 27.5 Å². The number of nitriles is 1. The first kappa shape index (κ1) is 10.5. The van der Waals surface area contributed by atoms with Crippen LogP contribution in [-0.2, 0) is 5.41 Å². The van der Waals surface area contributed by atoms with Gasteiger partial charge in [-0.3, -0.25) is 4.98 Å². The Kier molecular flexibility index (Phi) is 2.94. The minimum absolute atomic E-state index is 0.515. The van der Waals surface area contributed by atoms with E-state index in [0.29, 0.717) is 10.7 Å². The summed E-state index contributed by atoms with van der Waals surface area (Å²) in [7, 11) is 0. The Morgan fingerprint density at radius 3 is 2.69 bits per heavy atom. The lowest BCUT2D eigenvalue weighted by atomic mass is 9.91. The van der Waals surface area contributed by atoms with Gasteiger partial charge in [-0.2, -0.15) is 5.26 Å². The van der Waals surface area contributed by atoms with Gasteiger partial charge >= 0.3 is 0 Å². The van der Waals surface area contributed by atoms with Crippen LogP contribution in [0.1, 0.15) is 19.5 Å². The van der Waals surface area contributed by atoms with Crippen molar-refractivity contribution < 1.29 is 0 Å². The molecule has 0 radical (unpaired) electrons. The second kappa shape index (κ2) is 3.65. The number of rotatable bonds is 1. The van der Waals surface area contributed by atoms with Gasteiger partial charge in [-0.05, 0) is 35.8 Å². The Balaban J connectivity index is 3.26. The van der Waals surface area contributed by atoms with E-state index in [1.807, 2.05) is 0 Å². The highest BCUT2D eigenvalue weighted by atomic mass is 79.9. The molecule has 0 aliphatic rings. The SMILES string of the molecule is CC(C)(C#N)c1ncc(Br)cc1Cl. The van der Waals surface area contributed by atoms with Crippen molar-refractivity contribution in [2.75, 3.05) is 0 Å². The minimum Gasteiger partial charge on any atom is -0.257 e. The molecule has 1 aromatic heterocycles. The second-order valence-corrected chi connectivity index (χ2v) is 4.54. The summed E-state index contributed by atoms with van der Waals surface area (Å²) in [5.74, 6) is 0. The Hall–Kier alpha value is -0.590. The lowest BCUT2D eigenvalue weighted by Crippen LogP contribution is -2.16. The van der Waals surface area contributed by atoms with Crippen LogP contribution in [0.5, 0.6) is 0 Å². The molecule has 2 nitrogen and oxygen atoms in total. The highest BCUT2D eigenvalue weighted by Crippen LogP contribution is 2.28. The second-order valence-electron chi connectivity index (χ2n) is 3.22. The van der Waals surface area contributed by atoms with Crippen LogP contribution in [0, 0.1) is 11.3 Å². The monoisotopic (exact) mass is 258 g/mol. The van der Waals surface area contributed by atoms with Gasteiger partial charge in [0, 0.05) is 10.7 Å². The highest BCUT2D eigenvalue weighted by molar-refractivity contribution is 9.10. The molecule has 1 aromatic rings. The summed E-state index contributed by atoms with van der Waals surface area (Å²) < 4.78 is 0.815. The lowest BCUT2D eigenvalue weighted by molar-refractivity contribution is 0.659. The summed E-state index contributed by atoms with van der Waals surface area (Å²) in [6.45, 7) is 3.57. The quantitative estimate of drug-likeness (QED) is 0.776. The maximum Gasteiger partial charge on any atom is 0.0952 e. The maximum absolute atomic E-state index is 8.88. The van der Waals surface area contributed by atoms with Crippen molar-refractivity contribution in [3.05, 3.63) is 27.5 Å². The van der Waals surface area contributed by atoms with E-state index < -0.39 is 5.41 Å². The van der Waals surface area contributed by atoms with Crippen molar-refractivity contribution in [2.24, 2.45) is 0 Å². The van der Waals surface area contributed by atoms with E-state index in [2.05, 4.69) is 27.0 Å². The van der Waals surface area contributed by atoms with E-state index in [9.17, 15) is 0 Å². The van der Waals surface area contributed by atoms with Gasteiger partial charge in [-0.15, -0.1) is 0 Å². The first-order chi connectivity index (χ1) is 5.97. The fourth-order valence-electron chi connectivity index (χ4n) is 0.927. The minimum atomic E-state index is -0.641. The summed E-state index contributed by atoms with van der Waals surface area (Å²) in [4.78, 5) is 4.12. The number of aromatic nitrogens is 1. The average Bonchev–Trinajstić information content (AvgIpc) is 2.03. The lowest BCUT2D eigenvalue weighted by Gasteiger charge is -2.15. The molecule has 4 heteroatoms. The highest BCUT2D eigenvalue weighted by Gasteiger charge is 2.24. The zero-order valence-corrected chi connectivity index (χ0v) is 9.65. The zero-order valence-electron chi connectivity index (χ0n) is 7.31. The van der Waals surface area contributed by atoms with E-state index >= 15 is 0 Å². The number of hydrogen-bond acceptors (Lipinski definition) is 2. The van der Waals surface area contributed by atoms with Crippen molar-refractivity contribution in [1.29, 1.82) is 5.26 Å². The third-order valence-corrected chi connectivity index (χ3v) is 2.40. The third-order valence-electron chi connectivity index (χ3n) is 1.68. The van der Waals surface area contributed by atoms with Crippen molar-refractivity contribution in [3.63, 3.8) is 0 Å². The fraction of sp³-hybridized carbons (Fsp3) is 0.333. The first-order valence-electron chi connectivity index (χ1n) is 3.70. The van der Waals surface area contributed by atoms with Crippen LogP contribution in [0.4, 0.5) is 0 Å². The van der Waals surface area contributed by atoms with E-state index in [1.54, 1.807) is 26.1 Å². The largest absolute Gasteiger partial charge is 0.257 e. The predicted molar refractivity (Wildman–Crippen MR) is 55.6 cm³/mol. The van der Waals surface area contributed by atoms with Crippen LogP contribution in [0.15, 0.2) is 16.7 Å². The van der Waals surface area contributed by atoms with Gasteiger partial charge in [0.15, 0.2) is 0 Å². The van der Waals surface area contributed by atoms with Crippen LogP contribution in [-0.4, -0.2) is 4.98 Å².